The summed E-state index contributed by atoms with van der Waals surface area (Å²) in [7, 11) is 3.31. The molecule has 4 rings (SSSR count). The molecule has 172 valence electrons. The highest BCUT2D eigenvalue weighted by Gasteiger charge is 2.36. The normalized spacial score (nSPS) is 16.6. The number of rotatable bonds is 8. The van der Waals surface area contributed by atoms with Gasteiger partial charge in [-0.15, -0.1) is 0 Å². The molecule has 0 aromatic heterocycles. The van der Waals surface area contributed by atoms with Crippen LogP contribution in [0.25, 0.3) is 0 Å². The zero-order valence-electron chi connectivity index (χ0n) is 19.6. The average Bonchev–Trinajstić information content (AvgIpc) is 2.84. The number of nitrogens with zero attached hydrogens (tertiary/aromatic N) is 1. The Morgan fingerprint density at radius 3 is 2.33 bits per heavy atom. The molecule has 1 aliphatic rings. The van der Waals surface area contributed by atoms with E-state index in [9.17, 15) is 4.79 Å². The van der Waals surface area contributed by atoms with Crippen LogP contribution in [0.1, 0.15) is 46.3 Å². The maximum absolute atomic E-state index is 12.7. The molecule has 5 nitrogen and oxygen atoms in total. The van der Waals surface area contributed by atoms with Gasteiger partial charge in [0, 0.05) is 12.6 Å². The number of methoxy groups -OCH3 is 2. The Labute approximate surface area is 196 Å². The van der Waals surface area contributed by atoms with E-state index in [2.05, 4.69) is 48.2 Å². The molecule has 5 heteroatoms. The van der Waals surface area contributed by atoms with Crippen molar-refractivity contribution >= 4 is 5.91 Å². The van der Waals surface area contributed by atoms with Crippen molar-refractivity contribution in [2.45, 2.75) is 38.3 Å². The summed E-state index contributed by atoms with van der Waals surface area (Å²) in [5.41, 5.74) is 11.8. The van der Waals surface area contributed by atoms with E-state index in [1.165, 1.54) is 22.3 Å². The number of fused-ring (bicyclic) bond motifs is 1. The predicted molar refractivity (Wildman–Crippen MR) is 131 cm³/mol. The first-order valence-electron chi connectivity index (χ1n) is 11.4. The minimum absolute atomic E-state index is 0.0209. The number of amides is 1. The average molecular weight is 445 g/mol. The van der Waals surface area contributed by atoms with Gasteiger partial charge in [-0.25, -0.2) is 0 Å². The van der Waals surface area contributed by atoms with Crippen molar-refractivity contribution in [2.75, 3.05) is 20.8 Å². The fourth-order valence-electron chi connectivity index (χ4n) is 4.89. The number of ether oxygens (including phenoxy) is 2. The lowest BCUT2D eigenvalue weighted by atomic mass is 9.86. The van der Waals surface area contributed by atoms with E-state index in [0.717, 1.165) is 37.1 Å². The maximum atomic E-state index is 12.7. The summed E-state index contributed by atoms with van der Waals surface area (Å²) in [4.78, 5) is 15.0. The van der Waals surface area contributed by atoms with Crippen LogP contribution in [0, 0.1) is 6.92 Å². The number of benzene rings is 3. The van der Waals surface area contributed by atoms with E-state index in [1.54, 1.807) is 14.2 Å². The van der Waals surface area contributed by atoms with Crippen LogP contribution in [0.3, 0.4) is 0 Å². The lowest BCUT2D eigenvalue weighted by molar-refractivity contribution is -0.124. The molecule has 1 heterocycles. The number of primary amides is 1. The Morgan fingerprint density at radius 1 is 1.03 bits per heavy atom. The topological polar surface area (TPSA) is 64.8 Å². The van der Waals surface area contributed by atoms with Crippen LogP contribution in [0.5, 0.6) is 11.5 Å². The number of nitrogens with two attached hydrogens (primary N) is 1. The van der Waals surface area contributed by atoms with Gasteiger partial charge in [0.2, 0.25) is 5.91 Å². The fraction of sp³-hybridized carbons (Fsp3) is 0.321. The van der Waals surface area contributed by atoms with Gasteiger partial charge in [0.25, 0.3) is 0 Å². The van der Waals surface area contributed by atoms with Crippen LogP contribution in [-0.4, -0.2) is 31.6 Å². The highest BCUT2D eigenvalue weighted by Crippen LogP contribution is 2.43. The van der Waals surface area contributed by atoms with Crippen LogP contribution >= 0.6 is 0 Å². The molecular weight excluding hydrogens is 412 g/mol. The van der Waals surface area contributed by atoms with Crippen molar-refractivity contribution in [1.82, 2.24) is 4.90 Å². The van der Waals surface area contributed by atoms with Gasteiger partial charge >= 0.3 is 0 Å². The van der Waals surface area contributed by atoms with Crippen LogP contribution in [0.4, 0.5) is 0 Å². The van der Waals surface area contributed by atoms with E-state index >= 15 is 0 Å². The summed E-state index contributed by atoms with van der Waals surface area (Å²) in [6.45, 7) is 2.84. The molecule has 3 aromatic carbocycles. The highest BCUT2D eigenvalue weighted by atomic mass is 16.5. The summed E-state index contributed by atoms with van der Waals surface area (Å²) in [6, 6.07) is 22.2. The van der Waals surface area contributed by atoms with Crippen molar-refractivity contribution in [3.63, 3.8) is 0 Å². The monoisotopic (exact) mass is 444 g/mol. The third-order valence-corrected chi connectivity index (χ3v) is 6.59. The SMILES string of the molecule is COc1cc2c(cc1OC)[C@H](CCc1ccc(C)cc1)N(C(C(N)=O)c1ccccc1)CC2. The Hall–Kier alpha value is -3.31. The van der Waals surface area contributed by atoms with Crippen molar-refractivity contribution < 1.29 is 14.3 Å². The van der Waals surface area contributed by atoms with Gasteiger partial charge in [-0.1, -0.05) is 60.2 Å². The van der Waals surface area contributed by atoms with Crippen molar-refractivity contribution in [3.05, 3.63) is 94.5 Å². The molecular formula is C28H32N2O3. The third kappa shape index (κ3) is 4.88. The molecule has 0 fully saturated rings. The molecule has 2 N–H and O–H groups in total. The summed E-state index contributed by atoms with van der Waals surface area (Å²) in [5.74, 6) is 1.11. The number of carbonyl (C=O) groups excluding carboxylic acids is 1. The summed E-state index contributed by atoms with van der Waals surface area (Å²) in [5, 5.41) is 0. The number of carbonyl (C=O) groups is 1. The Kier molecular flexibility index (Phi) is 6.99. The van der Waals surface area contributed by atoms with Crippen LogP contribution < -0.4 is 15.2 Å². The van der Waals surface area contributed by atoms with Crippen molar-refractivity contribution in [2.24, 2.45) is 5.73 Å². The largest absolute Gasteiger partial charge is 0.493 e. The third-order valence-electron chi connectivity index (χ3n) is 6.59. The standard InChI is InChI=1S/C28H32N2O3/c1-19-9-11-20(12-10-19)13-14-24-23-18-26(33-3)25(32-2)17-22(23)15-16-30(24)27(28(29)31)21-7-5-4-6-8-21/h4-12,17-18,24,27H,13-16H2,1-3H3,(H2,29,31)/t24-,27?/m0/s1. The van der Waals surface area contributed by atoms with Gasteiger partial charge in [0.15, 0.2) is 11.5 Å². The zero-order chi connectivity index (χ0) is 23.4. The Balaban J connectivity index is 1.75. The molecule has 2 atom stereocenters. The van der Waals surface area contributed by atoms with E-state index in [0.29, 0.717) is 5.75 Å². The minimum atomic E-state index is -0.490. The molecule has 33 heavy (non-hydrogen) atoms. The molecule has 0 aliphatic carbocycles. The second kappa shape index (κ2) is 10.1. The molecule has 1 unspecified atom stereocenters. The Bertz CT molecular complexity index is 1100. The van der Waals surface area contributed by atoms with Gasteiger partial charge < -0.3 is 15.2 Å². The summed E-state index contributed by atoms with van der Waals surface area (Å²) in [6.07, 6.45) is 2.57. The smallest absolute Gasteiger partial charge is 0.239 e. The van der Waals surface area contributed by atoms with Gasteiger partial charge in [-0.3, -0.25) is 9.69 Å². The predicted octanol–water partition coefficient (Wildman–Crippen LogP) is 4.77. The Morgan fingerprint density at radius 2 is 1.70 bits per heavy atom. The molecule has 0 saturated heterocycles. The van der Waals surface area contributed by atoms with E-state index < -0.39 is 6.04 Å². The maximum Gasteiger partial charge on any atom is 0.239 e. The minimum Gasteiger partial charge on any atom is -0.493 e. The van der Waals surface area contributed by atoms with Gasteiger partial charge in [-0.2, -0.15) is 0 Å². The zero-order valence-corrected chi connectivity index (χ0v) is 19.6. The molecule has 0 bridgehead atoms. The van der Waals surface area contributed by atoms with Crippen LogP contribution in [0.15, 0.2) is 66.7 Å². The van der Waals surface area contributed by atoms with Crippen molar-refractivity contribution in [1.29, 1.82) is 0 Å². The second-order valence-corrected chi connectivity index (χ2v) is 8.65. The molecule has 1 amide bonds. The lowest BCUT2D eigenvalue weighted by Crippen LogP contribution is -2.44. The van der Waals surface area contributed by atoms with Crippen LogP contribution in [-0.2, 0) is 17.6 Å². The van der Waals surface area contributed by atoms with Gasteiger partial charge in [0.05, 0.1) is 14.2 Å². The van der Waals surface area contributed by atoms with Gasteiger partial charge in [-0.05, 0) is 60.6 Å². The molecule has 0 spiro atoms. The van der Waals surface area contributed by atoms with E-state index in [4.69, 9.17) is 15.2 Å². The second-order valence-electron chi connectivity index (χ2n) is 8.65. The highest BCUT2D eigenvalue weighted by molar-refractivity contribution is 5.81. The van der Waals surface area contributed by atoms with Crippen molar-refractivity contribution in [3.8, 4) is 11.5 Å². The molecule has 3 aromatic rings. The molecule has 0 radical (unpaired) electrons. The number of aryl methyl sites for hydroxylation is 2. The van der Waals surface area contributed by atoms with E-state index in [-0.39, 0.29) is 11.9 Å². The first-order valence-corrected chi connectivity index (χ1v) is 11.4. The summed E-state index contributed by atoms with van der Waals surface area (Å²) >= 11 is 0. The molecule has 0 saturated carbocycles. The first kappa shape index (κ1) is 22.9. The fourth-order valence-corrected chi connectivity index (χ4v) is 4.89. The number of hydrogen-bond donors (Lipinski definition) is 1. The van der Waals surface area contributed by atoms with Gasteiger partial charge in [0.1, 0.15) is 6.04 Å². The van der Waals surface area contributed by atoms with Crippen LogP contribution in [0.2, 0.25) is 0 Å². The summed E-state index contributed by atoms with van der Waals surface area (Å²) < 4.78 is 11.2. The van der Waals surface area contributed by atoms with E-state index in [1.807, 2.05) is 30.3 Å². The quantitative estimate of drug-likeness (QED) is 0.544. The number of hydrogen-bond acceptors (Lipinski definition) is 4. The molecule has 1 aliphatic heterocycles. The lowest BCUT2D eigenvalue weighted by Gasteiger charge is -2.41. The first-order chi connectivity index (χ1) is 16.0.